The zero-order valence-corrected chi connectivity index (χ0v) is 8.06. The molecule has 1 rings (SSSR count). The largest absolute Gasteiger partial charge is 0.274 e. The third-order valence-corrected chi connectivity index (χ3v) is 1.98. The average molecular weight is 215 g/mol. The monoisotopic (exact) mass is 214 g/mol. The summed E-state index contributed by atoms with van der Waals surface area (Å²) in [5.41, 5.74) is 0.183. The Hall–Kier alpha value is -1.62. The van der Waals surface area contributed by atoms with E-state index in [9.17, 15) is 14.9 Å². The van der Waals surface area contributed by atoms with Crippen LogP contribution in [0.25, 0.3) is 0 Å². The maximum atomic E-state index is 10.8. The van der Waals surface area contributed by atoms with Gasteiger partial charge in [0.15, 0.2) is 0 Å². The van der Waals surface area contributed by atoms with Gasteiger partial charge in [0.2, 0.25) is 5.91 Å². The van der Waals surface area contributed by atoms with Gasteiger partial charge in [-0.15, -0.1) is 0 Å². The highest BCUT2D eigenvalue weighted by molar-refractivity contribution is 6.36. The Morgan fingerprint density at radius 1 is 1.57 bits per heavy atom. The highest BCUT2D eigenvalue weighted by Gasteiger charge is 2.12. The van der Waals surface area contributed by atoms with Crippen molar-refractivity contribution in [2.75, 3.05) is 4.42 Å². The van der Waals surface area contributed by atoms with Gasteiger partial charge in [-0.2, -0.15) is 0 Å². The molecule has 0 spiro atoms. The lowest BCUT2D eigenvalue weighted by Crippen LogP contribution is -2.16. The van der Waals surface area contributed by atoms with Crippen molar-refractivity contribution in [1.82, 2.24) is 0 Å². The summed E-state index contributed by atoms with van der Waals surface area (Å²) in [7, 11) is 0. The highest BCUT2D eigenvalue weighted by Crippen LogP contribution is 2.22. The smallest absolute Gasteiger partial charge is 0.271 e. The van der Waals surface area contributed by atoms with E-state index in [2.05, 4.69) is 0 Å². The zero-order chi connectivity index (χ0) is 10.7. The first-order valence-corrected chi connectivity index (χ1v) is 4.07. The number of benzene rings is 1. The molecule has 1 amide bonds. The number of anilines is 1. The fourth-order valence-electron chi connectivity index (χ4n) is 0.911. The van der Waals surface area contributed by atoms with E-state index in [0.29, 0.717) is 0 Å². The van der Waals surface area contributed by atoms with Crippen molar-refractivity contribution in [2.24, 2.45) is 0 Å². The van der Waals surface area contributed by atoms with Gasteiger partial charge in [-0.25, -0.2) is 4.42 Å². The third-order valence-electron chi connectivity index (χ3n) is 1.54. The Balaban J connectivity index is 3.05. The van der Waals surface area contributed by atoms with Crippen molar-refractivity contribution < 1.29 is 9.72 Å². The van der Waals surface area contributed by atoms with Crippen molar-refractivity contribution in [2.45, 2.75) is 6.92 Å². The number of hydrogen-bond donors (Lipinski definition) is 0. The van der Waals surface area contributed by atoms with E-state index in [-0.39, 0.29) is 11.4 Å². The summed E-state index contributed by atoms with van der Waals surface area (Å²) in [6, 6.07) is 5.54. The minimum atomic E-state index is -0.547. The van der Waals surface area contributed by atoms with E-state index in [1.165, 1.54) is 31.2 Å². The second kappa shape index (κ2) is 4.06. The second-order valence-corrected chi connectivity index (χ2v) is 2.91. The predicted molar refractivity (Wildman–Crippen MR) is 52.1 cm³/mol. The van der Waals surface area contributed by atoms with Crippen LogP contribution in [-0.2, 0) is 4.79 Å². The van der Waals surface area contributed by atoms with Crippen LogP contribution in [0.4, 0.5) is 11.4 Å². The Labute approximate surface area is 85.2 Å². The van der Waals surface area contributed by atoms with Crippen LogP contribution in [0.2, 0.25) is 0 Å². The molecule has 1 aromatic rings. The van der Waals surface area contributed by atoms with Gasteiger partial charge in [0, 0.05) is 30.8 Å². The third kappa shape index (κ3) is 2.20. The SMILES string of the molecule is CC(=O)N(Cl)c1cccc([N+](=O)[O-])c1. The summed E-state index contributed by atoms with van der Waals surface area (Å²) in [6.45, 7) is 1.27. The molecule has 0 atom stereocenters. The van der Waals surface area contributed by atoms with Crippen molar-refractivity contribution in [1.29, 1.82) is 0 Å². The Morgan fingerprint density at radius 3 is 2.71 bits per heavy atom. The first kappa shape index (κ1) is 10.5. The van der Waals surface area contributed by atoms with Gasteiger partial charge in [-0.05, 0) is 6.07 Å². The molecule has 0 aliphatic carbocycles. The van der Waals surface area contributed by atoms with E-state index >= 15 is 0 Å². The molecule has 5 nitrogen and oxygen atoms in total. The summed E-state index contributed by atoms with van der Waals surface area (Å²) in [5, 5.41) is 10.4. The maximum Gasteiger partial charge on any atom is 0.271 e. The number of nitro benzene ring substituents is 1. The van der Waals surface area contributed by atoms with Crippen LogP contribution in [0.3, 0.4) is 0 Å². The number of nitrogens with zero attached hydrogens (tertiary/aromatic N) is 2. The van der Waals surface area contributed by atoms with Crippen molar-refractivity contribution in [3.05, 3.63) is 34.4 Å². The van der Waals surface area contributed by atoms with Gasteiger partial charge in [0.05, 0.1) is 10.6 Å². The molecule has 14 heavy (non-hydrogen) atoms. The van der Waals surface area contributed by atoms with E-state index in [1.54, 1.807) is 0 Å². The average Bonchev–Trinajstić information content (AvgIpc) is 2.16. The lowest BCUT2D eigenvalue weighted by molar-refractivity contribution is -0.384. The molecule has 0 bridgehead atoms. The molecule has 1 aromatic carbocycles. The molecule has 0 aliphatic heterocycles. The number of rotatable bonds is 2. The van der Waals surface area contributed by atoms with Gasteiger partial charge >= 0.3 is 0 Å². The van der Waals surface area contributed by atoms with Crippen LogP contribution >= 0.6 is 11.8 Å². The number of non-ortho nitro benzene ring substituents is 1. The number of carbonyl (C=O) groups is 1. The van der Waals surface area contributed by atoms with E-state index in [4.69, 9.17) is 11.8 Å². The molecule has 6 heteroatoms. The van der Waals surface area contributed by atoms with Crippen LogP contribution in [0.15, 0.2) is 24.3 Å². The molecule has 0 fully saturated rings. The normalized spacial score (nSPS) is 9.57. The molecule has 0 N–H and O–H groups in total. The van der Waals surface area contributed by atoms with Crippen molar-refractivity contribution >= 4 is 29.1 Å². The Bertz CT molecular complexity index is 381. The minimum absolute atomic E-state index is 0.102. The summed E-state index contributed by atoms with van der Waals surface area (Å²) in [5.74, 6) is -0.396. The van der Waals surface area contributed by atoms with Gasteiger partial charge in [-0.1, -0.05) is 6.07 Å². The second-order valence-electron chi connectivity index (χ2n) is 2.58. The summed E-state index contributed by atoms with van der Waals surface area (Å²) < 4.78 is 0.826. The first-order chi connectivity index (χ1) is 6.52. The number of amides is 1. The molecule has 0 unspecified atom stereocenters. The standard InChI is InChI=1S/C8H7ClN2O3/c1-6(12)10(9)7-3-2-4-8(5-7)11(13)14/h2-5H,1H3. The van der Waals surface area contributed by atoms with Crippen LogP contribution in [-0.4, -0.2) is 10.8 Å². The van der Waals surface area contributed by atoms with Crippen molar-refractivity contribution in [3.8, 4) is 0 Å². The zero-order valence-electron chi connectivity index (χ0n) is 7.31. The van der Waals surface area contributed by atoms with E-state index < -0.39 is 10.8 Å². The summed E-state index contributed by atoms with van der Waals surface area (Å²) in [6.07, 6.45) is 0. The number of carbonyl (C=O) groups excluding carboxylic acids is 1. The summed E-state index contributed by atoms with van der Waals surface area (Å²) >= 11 is 5.58. The molecule has 0 aliphatic rings. The first-order valence-electron chi connectivity index (χ1n) is 3.73. The molecule has 74 valence electrons. The van der Waals surface area contributed by atoms with Crippen LogP contribution in [0.5, 0.6) is 0 Å². The fraction of sp³-hybridized carbons (Fsp3) is 0.125. The molecule has 0 radical (unpaired) electrons. The Kier molecular flexibility index (Phi) is 3.03. The van der Waals surface area contributed by atoms with Gasteiger partial charge in [-0.3, -0.25) is 14.9 Å². The van der Waals surface area contributed by atoms with Crippen LogP contribution in [0.1, 0.15) is 6.92 Å². The fourth-order valence-corrected chi connectivity index (χ4v) is 1.02. The minimum Gasteiger partial charge on any atom is -0.274 e. The van der Waals surface area contributed by atoms with E-state index in [0.717, 1.165) is 4.42 Å². The van der Waals surface area contributed by atoms with Gasteiger partial charge in [0.25, 0.3) is 5.69 Å². The Morgan fingerprint density at radius 2 is 2.21 bits per heavy atom. The van der Waals surface area contributed by atoms with Crippen LogP contribution < -0.4 is 4.42 Å². The molecule has 0 saturated heterocycles. The lowest BCUT2D eigenvalue weighted by Gasteiger charge is -2.10. The number of halogens is 1. The quantitative estimate of drug-likeness (QED) is 0.430. The predicted octanol–water partition coefficient (Wildman–Crippen LogP) is 2.10. The number of nitro groups is 1. The van der Waals surface area contributed by atoms with E-state index in [1.807, 2.05) is 0 Å². The van der Waals surface area contributed by atoms with Gasteiger partial charge < -0.3 is 0 Å². The van der Waals surface area contributed by atoms with Gasteiger partial charge in [0.1, 0.15) is 0 Å². The lowest BCUT2D eigenvalue weighted by atomic mass is 10.3. The van der Waals surface area contributed by atoms with Crippen LogP contribution in [0, 0.1) is 10.1 Å². The highest BCUT2D eigenvalue weighted by atomic mass is 35.5. The van der Waals surface area contributed by atoms with Crippen molar-refractivity contribution in [3.63, 3.8) is 0 Å². The molecule has 0 saturated carbocycles. The molecular formula is C8H7ClN2O3. The number of hydrogen-bond acceptors (Lipinski definition) is 3. The topological polar surface area (TPSA) is 63.5 Å². The molecule has 0 aromatic heterocycles. The maximum absolute atomic E-state index is 10.8. The summed E-state index contributed by atoms with van der Waals surface area (Å²) in [4.78, 5) is 20.7. The molecular weight excluding hydrogens is 208 g/mol. The molecule has 0 heterocycles.